The van der Waals surface area contributed by atoms with E-state index in [0.717, 1.165) is 43.7 Å². The van der Waals surface area contributed by atoms with Gasteiger partial charge in [0.05, 0.1) is 24.8 Å². The number of ether oxygens (including phenoxy) is 1. The Labute approximate surface area is 127 Å². The van der Waals surface area contributed by atoms with Crippen LogP contribution in [0.2, 0.25) is 0 Å². The van der Waals surface area contributed by atoms with Crippen molar-refractivity contribution in [3.63, 3.8) is 0 Å². The predicted molar refractivity (Wildman–Crippen MR) is 82.0 cm³/mol. The molecule has 1 saturated carbocycles. The first-order valence-electron chi connectivity index (χ1n) is 7.57. The molecule has 1 aromatic carbocycles. The summed E-state index contributed by atoms with van der Waals surface area (Å²) in [5.41, 5.74) is 1.69. The van der Waals surface area contributed by atoms with E-state index < -0.39 is 0 Å². The molecule has 1 aliphatic rings. The SMILES string of the molecule is COc1cc(C#N)ccc1CN(C)CC1CCCCC1O. The molecule has 21 heavy (non-hydrogen) atoms. The first kappa shape index (κ1) is 15.8. The highest BCUT2D eigenvalue weighted by atomic mass is 16.5. The van der Waals surface area contributed by atoms with Crippen LogP contribution in [0.5, 0.6) is 5.75 Å². The zero-order valence-corrected chi connectivity index (χ0v) is 12.9. The number of methoxy groups -OCH3 is 1. The second-order valence-corrected chi connectivity index (χ2v) is 5.95. The maximum Gasteiger partial charge on any atom is 0.124 e. The van der Waals surface area contributed by atoms with Crippen molar-refractivity contribution in [2.24, 2.45) is 5.92 Å². The Bertz CT molecular complexity index is 510. The van der Waals surface area contributed by atoms with Gasteiger partial charge >= 0.3 is 0 Å². The quantitative estimate of drug-likeness (QED) is 0.904. The van der Waals surface area contributed by atoms with E-state index in [1.54, 1.807) is 13.2 Å². The molecule has 2 unspecified atom stereocenters. The lowest BCUT2D eigenvalue weighted by molar-refractivity contribution is 0.0500. The summed E-state index contributed by atoms with van der Waals surface area (Å²) in [5.74, 6) is 1.12. The monoisotopic (exact) mass is 288 g/mol. The molecule has 0 radical (unpaired) electrons. The minimum Gasteiger partial charge on any atom is -0.496 e. The molecule has 0 aromatic heterocycles. The zero-order chi connectivity index (χ0) is 15.2. The lowest BCUT2D eigenvalue weighted by atomic mass is 9.86. The maximum absolute atomic E-state index is 10.1. The lowest BCUT2D eigenvalue weighted by Crippen LogP contribution is -2.34. The van der Waals surface area contributed by atoms with E-state index in [1.165, 1.54) is 6.42 Å². The molecular formula is C17H24N2O2. The van der Waals surface area contributed by atoms with Gasteiger partial charge in [0.1, 0.15) is 5.75 Å². The number of rotatable bonds is 5. The molecule has 0 spiro atoms. The number of aliphatic hydroxyl groups excluding tert-OH is 1. The number of hydrogen-bond donors (Lipinski definition) is 1. The van der Waals surface area contributed by atoms with Gasteiger partial charge in [0.15, 0.2) is 0 Å². The standard InChI is InChI=1S/C17H24N2O2/c1-19(11-14-5-3-4-6-16(14)20)12-15-8-7-13(10-18)9-17(15)21-2/h7-9,14,16,20H,3-6,11-12H2,1-2H3. The van der Waals surface area contributed by atoms with E-state index in [1.807, 2.05) is 12.1 Å². The van der Waals surface area contributed by atoms with Gasteiger partial charge in [0.2, 0.25) is 0 Å². The molecule has 2 rings (SSSR count). The highest BCUT2D eigenvalue weighted by molar-refractivity contribution is 5.42. The molecule has 1 N–H and O–H groups in total. The Kier molecular flexibility index (Phi) is 5.60. The van der Waals surface area contributed by atoms with Crippen LogP contribution in [0.4, 0.5) is 0 Å². The van der Waals surface area contributed by atoms with E-state index in [2.05, 4.69) is 18.0 Å². The van der Waals surface area contributed by atoms with Crippen molar-refractivity contribution in [2.45, 2.75) is 38.3 Å². The van der Waals surface area contributed by atoms with Crippen LogP contribution < -0.4 is 4.74 Å². The molecule has 4 nitrogen and oxygen atoms in total. The van der Waals surface area contributed by atoms with Crippen LogP contribution in [0.3, 0.4) is 0 Å². The highest BCUT2D eigenvalue weighted by Crippen LogP contribution is 2.26. The van der Waals surface area contributed by atoms with Crippen LogP contribution in [-0.2, 0) is 6.54 Å². The van der Waals surface area contributed by atoms with Gasteiger partial charge in [0, 0.05) is 18.7 Å². The van der Waals surface area contributed by atoms with Crippen LogP contribution >= 0.6 is 0 Å². The largest absolute Gasteiger partial charge is 0.496 e. The van der Waals surface area contributed by atoms with Gasteiger partial charge in [-0.25, -0.2) is 0 Å². The Morgan fingerprint density at radius 2 is 2.14 bits per heavy atom. The number of benzene rings is 1. The van der Waals surface area contributed by atoms with Crippen molar-refractivity contribution >= 4 is 0 Å². The fourth-order valence-corrected chi connectivity index (χ4v) is 3.10. The Morgan fingerprint density at radius 3 is 2.81 bits per heavy atom. The van der Waals surface area contributed by atoms with Gasteiger partial charge < -0.3 is 14.7 Å². The van der Waals surface area contributed by atoms with Crippen LogP contribution in [0.15, 0.2) is 18.2 Å². The van der Waals surface area contributed by atoms with E-state index in [-0.39, 0.29) is 6.10 Å². The number of aliphatic hydroxyl groups is 1. The third-order valence-electron chi connectivity index (χ3n) is 4.27. The summed E-state index contributed by atoms with van der Waals surface area (Å²) in [4.78, 5) is 2.23. The first-order valence-corrected chi connectivity index (χ1v) is 7.57. The number of hydrogen-bond acceptors (Lipinski definition) is 4. The summed E-state index contributed by atoms with van der Waals surface area (Å²) < 4.78 is 5.37. The van der Waals surface area contributed by atoms with Crippen LogP contribution in [0.1, 0.15) is 36.8 Å². The highest BCUT2D eigenvalue weighted by Gasteiger charge is 2.24. The van der Waals surface area contributed by atoms with E-state index in [0.29, 0.717) is 11.5 Å². The predicted octanol–water partition coefficient (Wildman–Crippen LogP) is 2.55. The molecule has 0 bridgehead atoms. The van der Waals surface area contributed by atoms with Gasteiger partial charge in [-0.15, -0.1) is 0 Å². The Hall–Kier alpha value is -1.57. The van der Waals surface area contributed by atoms with Crippen molar-refractivity contribution in [3.8, 4) is 11.8 Å². The minimum atomic E-state index is -0.163. The lowest BCUT2D eigenvalue weighted by Gasteiger charge is -2.31. The van der Waals surface area contributed by atoms with Crippen molar-refractivity contribution in [3.05, 3.63) is 29.3 Å². The van der Waals surface area contributed by atoms with Crippen LogP contribution in [-0.4, -0.2) is 36.8 Å². The molecule has 1 aliphatic carbocycles. The van der Waals surface area contributed by atoms with E-state index in [9.17, 15) is 5.11 Å². The molecule has 0 aliphatic heterocycles. The van der Waals surface area contributed by atoms with Crippen LogP contribution in [0.25, 0.3) is 0 Å². The van der Waals surface area contributed by atoms with Crippen molar-refractivity contribution in [2.75, 3.05) is 20.7 Å². The molecule has 0 heterocycles. The summed E-state index contributed by atoms with van der Waals surface area (Å²) in [6, 6.07) is 7.67. The van der Waals surface area contributed by atoms with Crippen molar-refractivity contribution in [1.82, 2.24) is 4.90 Å². The Balaban J connectivity index is 1.99. The van der Waals surface area contributed by atoms with Gasteiger partial charge in [-0.05, 0) is 37.9 Å². The zero-order valence-electron chi connectivity index (χ0n) is 12.9. The summed E-state index contributed by atoms with van der Waals surface area (Å²) in [6.45, 7) is 1.66. The smallest absolute Gasteiger partial charge is 0.124 e. The second kappa shape index (κ2) is 7.44. The first-order chi connectivity index (χ1) is 10.1. The minimum absolute atomic E-state index is 0.163. The molecule has 114 valence electrons. The summed E-state index contributed by atoms with van der Waals surface area (Å²) in [5, 5.41) is 19.0. The molecule has 1 fully saturated rings. The van der Waals surface area contributed by atoms with Gasteiger partial charge in [-0.3, -0.25) is 0 Å². The average Bonchev–Trinajstić information content (AvgIpc) is 2.50. The summed E-state index contributed by atoms with van der Waals surface area (Å²) >= 11 is 0. The summed E-state index contributed by atoms with van der Waals surface area (Å²) in [6.07, 6.45) is 4.24. The van der Waals surface area contributed by atoms with Crippen molar-refractivity contribution in [1.29, 1.82) is 5.26 Å². The fourth-order valence-electron chi connectivity index (χ4n) is 3.10. The number of nitrogens with zero attached hydrogens (tertiary/aromatic N) is 2. The fraction of sp³-hybridized carbons (Fsp3) is 0.588. The maximum atomic E-state index is 10.1. The average molecular weight is 288 g/mol. The third-order valence-corrected chi connectivity index (χ3v) is 4.27. The summed E-state index contributed by atoms with van der Waals surface area (Å²) in [7, 11) is 3.70. The van der Waals surface area contributed by atoms with E-state index >= 15 is 0 Å². The second-order valence-electron chi connectivity index (χ2n) is 5.95. The topological polar surface area (TPSA) is 56.5 Å². The molecule has 2 atom stereocenters. The van der Waals surface area contributed by atoms with Gasteiger partial charge in [-0.2, -0.15) is 5.26 Å². The molecule has 0 amide bonds. The van der Waals surface area contributed by atoms with Gasteiger partial charge in [0.25, 0.3) is 0 Å². The van der Waals surface area contributed by atoms with Crippen molar-refractivity contribution < 1.29 is 9.84 Å². The Morgan fingerprint density at radius 1 is 1.38 bits per heavy atom. The molecule has 1 aromatic rings. The third kappa shape index (κ3) is 4.20. The number of nitriles is 1. The normalized spacial score (nSPS) is 22.0. The molecule has 0 saturated heterocycles. The molecular weight excluding hydrogens is 264 g/mol. The van der Waals surface area contributed by atoms with Gasteiger partial charge in [-0.1, -0.05) is 18.9 Å². The van der Waals surface area contributed by atoms with Crippen LogP contribution in [0, 0.1) is 17.2 Å². The molecule has 4 heteroatoms. The van der Waals surface area contributed by atoms with E-state index in [4.69, 9.17) is 10.00 Å².